The van der Waals surface area contributed by atoms with Crippen molar-refractivity contribution in [2.45, 2.75) is 44.8 Å². The zero-order valence-corrected chi connectivity index (χ0v) is 10.9. The molecule has 0 N–H and O–H groups in total. The van der Waals surface area contributed by atoms with Gasteiger partial charge in [-0.2, -0.15) is 0 Å². The maximum absolute atomic E-state index is 11.2. The minimum atomic E-state index is -0.798. The van der Waals surface area contributed by atoms with E-state index in [1.54, 1.807) is 0 Å². The van der Waals surface area contributed by atoms with Crippen LogP contribution in [0.2, 0.25) is 0 Å². The van der Waals surface area contributed by atoms with Gasteiger partial charge in [-0.15, -0.1) is 0 Å². The third-order valence-electron chi connectivity index (χ3n) is 2.72. The number of hydrogen-bond donors (Lipinski definition) is 0. The van der Waals surface area contributed by atoms with Gasteiger partial charge >= 0.3 is 17.9 Å². The molecule has 0 saturated carbocycles. The number of cyclic esters (lactones) is 2. The first-order valence-corrected chi connectivity index (χ1v) is 6.26. The lowest BCUT2D eigenvalue weighted by Gasteiger charge is -2.18. The molecule has 0 aromatic carbocycles. The lowest BCUT2D eigenvalue weighted by Crippen LogP contribution is -2.25. The predicted molar refractivity (Wildman–Crippen MR) is 65.1 cm³/mol. The Kier molecular flexibility index (Phi) is 6.21. The SMILES string of the molecule is C=CC(=O)OCCCC(CC)OC1CC(=O)OC1=O. The van der Waals surface area contributed by atoms with E-state index in [0.717, 1.165) is 6.08 Å². The molecule has 0 bridgehead atoms. The molecule has 1 heterocycles. The molecule has 0 radical (unpaired) electrons. The number of carbonyl (C=O) groups excluding carboxylic acids is 3. The first kappa shape index (κ1) is 15.4. The van der Waals surface area contributed by atoms with E-state index in [9.17, 15) is 14.4 Å². The van der Waals surface area contributed by atoms with Gasteiger partial charge in [-0.05, 0) is 19.3 Å². The van der Waals surface area contributed by atoms with Gasteiger partial charge in [0.15, 0.2) is 6.10 Å². The van der Waals surface area contributed by atoms with Crippen LogP contribution in [0, 0.1) is 0 Å². The van der Waals surface area contributed by atoms with Crippen molar-refractivity contribution in [3.05, 3.63) is 12.7 Å². The van der Waals surface area contributed by atoms with E-state index >= 15 is 0 Å². The van der Waals surface area contributed by atoms with Gasteiger partial charge < -0.3 is 14.2 Å². The van der Waals surface area contributed by atoms with Gasteiger partial charge in [0.25, 0.3) is 0 Å². The summed E-state index contributed by atoms with van der Waals surface area (Å²) in [5, 5.41) is 0. The van der Waals surface area contributed by atoms with Crippen molar-refractivity contribution >= 4 is 17.9 Å². The van der Waals surface area contributed by atoms with Crippen LogP contribution in [-0.2, 0) is 28.6 Å². The molecule has 1 aliphatic rings. The minimum Gasteiger partial charge on any atom is -0.463 e. The molecule has 0 aliphatic carbocycles. The Morgan fingerprint density at radius 3 is 2.84 bits per heavy atom. The van der Waals surface area contributed by atoms with E-state index in [1.165, 1.54) is 0 Å². The monoisotopic (exact) mass is 270 g/mol. The predicted octanol–water partition coefficient (Wildman–Crippen LogP) is 1.13. The van der Waals surface area contributed by atoms with E-state index in [1.807, 2.05) is 6.92 Å². The standard InChI is InChI=1S/C13H18O6/c1-3-9(6-5-7-17-11(14)4-2)18-10-8-12(15)19-13(10)16/h4,9-10H,2-3,5-8H2,1H3. The van der Waals surface area contributed by atoms with Gasteiger partial charge in [0.2, 0.25) is 0 Å². The van der Waals surface area contributed by atoms with Crippen LogP contribution in [0.5, 0.6) is 0 Å². The summed E-state index contributed by atoms with van der Waals surface area (Å²) in [6, 6.07) is 0. The zero-order chi connectivity index (χ0) is 14.3. The van der Waals surface area contributed by atoms with Gasteiger partial charge in [-0.3, -0.25) is 4.79 Å². The molecular formula is C13H18O6. The molecule has 6 heteroatoms. The molecule has 0 spiro atoms. The van der Waals surface area contributed by atoms with E-state index < -0.39 is 24.0 Å². The number of esters is 3. The first-order valence-electron chi connectivity index (χ1n) is 6.26. The van der Waals surface area contributed by atoms with Crippen molar-refractivity contribution in [3.8, 4) is 0 Å². The Morgan fingerprint density at radius 2 is 2.32 bits per heavy atom. The number of hydrogen-bond acceptors (Lipinski definition) is 6. The zero-order valence-electron chi connectivity index (χ0n) is 10.9. The Morgan fingerprint density at radius 1 is 1.58 bits per heavy atom. The summed E-state index contributed by atoms with van der Waals surface area (Å²) in [5.74, 6) is -1.63. The van der Waals surface area contributed by atoms with Crippen LogP contribution in [0.15, 0.2) is 12.7 Å². The minimum absolute atomic E-state index is 0.0270. The summed E-state index contributed by atoms with van der Waals surface area (Å²) in [6.07, 6.45) is 2.08. The fraction of sp³-hybridized carbons (Fsp3) is 0.615. The quantitative estimate of drug-likeness (QED) is 0.285. The lowest BCUT2D eigenvalue weighted by molar-refractivity contribution is -0.157. The second kappa shape index (κ2) is 7.68. The van der Waals surface area contributed by atoms with Crippen molar-refractivity contribution in [2.24, 2.45) is 0 Å². The lowest BCUT2D eigenvalue weighted by atomic mass is 10.1. The maximum Gasteiger partial charge on any atom is 0.343 e. The Balaban J connectivity index is 2.26. The topological polar surface area (TPSA) is 78.9 Å². The van der Waals surface area contributed by atoms with Crippen LogP contribution >= 0.6 is 0 Å². The molecule has 0 aromatic heterocycles. The maximum atomic E-state index is 11.2. The van der Waals surface area contributed by atoms with Crippen molar-refractivity contribution in [1.82, 2.24) is 0 Å². The van der Waals surface area contributed by atoms with Gasteiger partial charge in [0, 0.05) is 6.08 Å². The van der Waals surface area contributed by atoms with Crippen molar-refractivity contribution in [1.29, 1.82) is 0 Å². The molecule has 0 amide bonds. The molecule has 106 valence electrons. The largest absolute Gasteiger partial charge is 0.463 e. The first-order chi connectivity index (χ1) is 9.06. The summed E-state index contributed by atoms with van der Waals surface area (Å²) >= 11 is 0. The molecule has 2 unspecified atom stereocenters. The molecule has 1 saturated heterocycles. The van der Waals surface area contributed by atoms with Gasteiger partial charge in [0.1, 0.15) is 0 Å². The third kappa shape index (κ3) is 5.21. The van der Waals surface area contributed by atoms with Crippen LogP contribution in [-0.4, -0.2) is 36.7 Å². The van der Waals surface area contributed by atoms with Crippen LogP contribution in [0.1, 0.15) is 32.6 Å². The van der Waals surface area contributed by atoms with Gasteiger partial charge in [-0.1, -0.05) is 13.5 Å². The molecule has 0 aromatic rings. The van der Waals surface area contributed by atoms with E-state index in [2.05, 4.69) is 11.3 Å². The van der Waals surface area contributed by atoms with Crippen LogP contribution < -0.4 is 0 Å². The molecule has 2 atom stereocenters. The van der Waals surface area contributed by atoms with Crippen molar-refractivity contribution < 1.29 is 28.6 Å². The van der Waals surface area contributed by atoms with E-state index in [4.69, 9.17) is 9.47 Å². The second-order valence-corrected chi connectivity index (χ2v) is 4.17. The average molecular weight is 270 g/mol. The van der Waals surface area contributed by atoms with E-state index in [0.29, 0.717) is 19.3 Å². The molecule has 1 fully saturated rings. The highest BCUT2D eigenvalue weighted by Crippen LogP contribution is 2.17. The summed E-state index contributed by atoms with van der Waals surface area (Å²) in [7, 11) is 0. The molecular weight excluding hydrogens is 252 g/mol. The smallest absolute Gasteiger partial charge is 0.343 e. The van der Waals surface area contributed by atoms with Crippen LogP contribution in [0.3, 0.4) is 0 Å². The Hall–Kier alpha value is -1.69. The Labute approximate surface area is 111 Å². The fourth-order valence-electron chi connectivity index (χ4n) is 1.70. The summed E-state index contributed by atoms with van der Waals surface area (Å²) < 4.78 is 14.8. The van der Waals surface area contributed by atoms with Crippen LogP contribution in [0.4, 0.5) is 0 Å². The third-order valence-corrected chi connectivity index (χ3v) is 2.72. The summed E-state index contributed by atoms with van der Waals surface area (Å²) in [5.41, 5.74) is 0. The summed E-state index contributed by atoms with van der Waals surface area (Å²) in [4.78, 5) is 33.0. The number of carbonyl (C=O) groups is 3. The molecule has 6 nitrogen and oxygen atoms in total. The fourth-order valence-corrected chi connectivity index (χ4v) is 1.70. The second-order valence-electron chi connectivity index (χ2n) is 4.17. The summed E-state index contributed by atoms with van der Waals surface area (Å²) in [6.45, 7) is 5.49. The van der Waals surface area contributed by atoms with Crippen molar-refractivity contribution in [2.75, 3.05) is 6.61 Å². The molecule has 19 heavy (non-hydrogen) atoms. The average Bonchev–Trinajstić information content (AvgIpc) is 2.70. The van der Waals surface area contributed by atoms with Crippen molar-refractivity contribution in [3.63, 3.8) is 0 Å². The van der Waals surface area contributed by atoms with Gasteiger partial charge in [-0.25, -0.2) is 9.59 Å². The van der Waals surface area contributed by atoms with Crippen LogP contribution in [0.25, 0.3) is 0 Å². The molecule has 1 rings (SSSR count). The Bertz CT molecular complexity index is 362. The normalized spacial score (nSPS) is 19.9. The van der Waals surface area contributed by atoms with E-state index in [-0.39, 0.29) is 19.1 Å². The highest BCUT2D eigenvalue weighted by molar-refractivity contribution is 5.96. The molecule has 1 aliphatic heterocycles. The highest BCUT2D eigenvalue weighted by atomic mass is 16.6. The van der Waals surface area contributed by atoms with Gasteiger partial charge in [0.05, 0.1) is 19.1 Å². The number of rotatable bonds is 8. The number of ether oxygens (including phenoxy) is 3. The highest BCUT2D eigenvalue weighted by Gasteiger charge is 2.35.